The van der Waals surface area contributed by atoms with Crippen LogP contribution in [0.3, 0.4) is 0 Å². The molecule has 2 aromatic rings. The first-order chi connectivity index (χ1) is 14.0. The van der Waals surface area contributed by atoms with Gasteiger partial charge in [-0.1, -0.05) is 12.1 Å². The van der Waals surface area contributed by atoms with Crippen molar-refractivity contribution in [1.29, 1.82) is 0 Å². The molecule has 1 saturated heterocycles. The molecule has 2 atom stereocenters. The molecule has 0 spiro atoms. The summed E-state index contributed by atoms with van der Waals surface area (Å²) in [4.78, 5) is 31.2. The molecular formula is C22H26N4O3. The predicted molar refractivity (Wildman–Crippen MR) is 111 cm³/mol. The van der Waals surface area contributed by atoms with Gasteiger partial charge in [0.05, 0.1) is 18.1 Å². The van der Waals surface area contributed by atoms with Crippen molar-refractivity contribution in [3.8, 4) is 0 Å². The van der Waals surface area contributed by atoms with E-state index in [9.17, 15) is 9.59 Å². The van der Waals surface area contributed by atoms with Gasteiger partial charge in [-0.15, -0.1) is 0 Å². The molecule has 2 aliphatic rings. The largest absolute Gasteiger partial charge is 0.378 e. The van der Waals surface area contributed by atoms with Crippen molar-refractivity contribution in [1.82, 2.24) is 10.3 Å². The van der Waals surface area contributed by atoms with Crippen LogP contribution in [-0.4, -0.2) is 36.6 Å². The summed E-state index contributed by atoms with van der Waals surface area (Å²) in [6.07, 6.45) is 3.21. The number of hydrogen-bond donors (Lipinski definition) is 2. The highest BCUT2D eigenvalue weighted by Gasteiger charge is 2.30. The van der Waals surface area contributed by atoms with Crippen molar-refractivity contribution in [2.24, 2.45) is 0 Å². The second-order valence-electron chi connectivity index (χ2n) is 7.67. The average molecular weight is 394 g/mol. The van der Waals surface area contributed by atoms with E-state index in [1.54, 1.807) is 6.07 Å². The van der Waals surface area contributed by atoms with Gasteiger partial charge in [-0.3, -0.25) is 9.59 Å². The van der Waals surface area contributed by atoms with Crippen molar-refractivity contribution in [3.63, 3.8) is 0 Å². The lowest BCUT2D eigenvalue weighted by atomic mass is 10.1. The zero-order valence-corrected chi connectivity index (χ0v) is 16.8. The number of ether oxygens (including phenoxy) is 1. The molecule has 3 heterocycles. The fourth-order valence-corrected chi connectivity index (χ4v) is 3.85. The Morgan fingerprint density at radius 2 is 2.03 bits per heavy atom. The Balaban J connectivity index is 1.43. The number of carbonyl (C=O) groups is 2. The summed E-state index contributed by atoms with van der Waals surface area (Å²) in [6, 6.07) is 11.2. The minimum absolute atomic E-state index is 0.0187. The lowest BCUT2D eigenvalue weighted by molar-refractivity contribution is -0.119. The van der Waals surface area contributed by atoms with Gasteiger partial charge >= 0.3 is 0 Å². The maximum Gasteiger partial charge on any atom is 0.256 e. The number of rotatable bonds is 4. The van der Waals surface area contributed by atoms with Crippen molar-refractivity contribution in [2.75, 3.05) is 23.9 Å². The fourth-order valence-electron chi connectivity index (χ4n) is 3.85. The molecule has 1 fully saturated rings. The third-order valence-electron chi connectivity index (χ3n) is 5.45. The summed E-state index contributed by atoms with van der Waals surface area (Å²) in [5.74, 6) is 0.491. The third kappa shape index (κ3) is 4.24. The van der Waals surface area contributed by atoms with Crippen LogP contribution < -0.4 is 15.5 Å². The first kappa shape index (κ1) is 19.4. The highest BCUT2D eigenvalue weighted by atomic mass is 16.5. The Morgan fingerprint density at radius 3 is 2.76 bits per heavy atom. The number of nitrogens with one attached hydrogen (secondary N) is 2. The van der Waals surface area contributed by atoms with Crippen LogP contribution in [-0.2, 0) is 9.53 Å². The summed E-state index contributed by atoms with van der Waals surface area (Å²) < 4.78 is 5.63. The first-order valence-electron chi connectivity index (χ1n) is 10.0. The fraction of sp³-hybridized carbons (Fsp3) is 0.409. The normalized spacial score (nSPS) is 21.3. The molecule has 1 aromatic heterocycles. The molecule has 1 aromatic carbocycles. The van der Waals surface area contributed by atoms with Crippen molar-refractivity contribution in [2.45, 2.75) is 44.9 Å². The summed E-state index contributed by atoms with van der Waals surface area (Å²) in [5.41, 5.74) is 3.09. The van der Waals surface area contributed by atoms with Gasteiger partial charge in [-0.2, -0.15) is 0 Å². The van der Waals surface area contributed by atoms with E-state index in [4.69, 9.17) is 4.74 Å². The molecule has 7 heteroatoms. The van der Waals surface area contributed by atoms with E-state index in [-0.39, 0.29) is 24.1 Å². The van der Waals surface area contributed by atoms with Gasteiger partial charge in [-0.25, -0.2) is 4.98 Å². The topological polar surface area (TPSA) is 83.6 Å². The van der Waals surface area contributed by atoms with Crippen LogP contribution >= 0.6 is 0 Å². The Hall–Kier alpha value is -2.93. The molecule has 29 heavy (non-hydrogen) atoms. The van der Waals surface area contributed by atoms with Crippen molar-refractivity contribution >= 4 is 23.3 Å². The quantitative estimate of drug-likeness (QED) is 0.832. The van der Waals surface area contributed by atoms with Gasteiger partial charge in [0.25, 0.3) is 5.91 Å². The van der Waals surface area contributed by atoms with Crippen LogP contribution in [0.4, 0.5) is 11.5 Å². The zero-order valence-electron chi connectivity index (χ0n) is 16.8. The Kier molecular flexibility index (Phi) is 5.49. The standard InChI is InChI=1S/C22H26N4O3/c1-14-6-11-18-21(23-14)26(2)20(25-22(18)28)15-7-9-16(10-8-15)24-19(27)13-17-5-3-4-12-29-17/h6-11,17,20H,3-5,12-13H2,1-2H3,(H,24,27)(H,25,28)/t17-,20+/m0/s1. The molecular weight excluding hydrogens is 368 g/mol. The van der Waals surface area contributed by atoms with Crippen molar-refractivity contribution < 1.29 is 14.3 Å². The second kappa shape index (κ2) is 8.21. The maximum absolute atomic E-state index is 12.5. The number of pyridine rings is 1. The van der Waals surface area contributed by atoms with E-state index in [2.05, 4.69) is 15.6 Å². The second-order valence-corrected chi connectivity index (χ2v) is 7.67. The van der Waals surface area contributed by atoms with E-state index in [0.29, 0.717) is 17.8 Å². The number of nitrogens with zero attached hydrogens (tertiary/aromatic N) is 2. The van der Waals surface area contributed by atoms with E-state index in [1.165, 1.54) is 0 Å². The number of hydrogen-bond acceptors (Lipinski definition) is 5. The van der Waals surface area contributed by atoms with E-state index in [0.717, 1.165) is 42.8 Å². The highest BCUT2D eigenvalue weighted by molar-refractivity contribution is 6.01. The molecule has 0 aliphatic carbocycles. The Labute approximate surface area is 170 Å². The van der Waals surface area contributed by atoms with Gasteiger partial charge in [0, 0.05) is 25.0 Å². The molecule has 2 aliphatic heterocycles. The number of amides is 2. The average Bonchev–Trinajstić information content (AvgIpc) is 2.72. The van der Waals surface area contributed by atoms with Crippen LogP contribution in [0.25, 0.3) is 0 Å². The van der Waals surface area contributed by atoms with Crippen molar-refractivity contribution in [3.05, 3.63) is 53.2 Å². The summed E-state index contributed by atoms with van der Waals surface area (Å²) in [7, 11) is 1.91. The molecule has 7 nitrogen and oxygen atoms in total. The van der Waals surface area contributed by atoms with Crippen LogP contribution in [0, 0.1) is 6.92 Å². The van der Waals surface area contributed by atoms with Gasteiger partial charge in [0.1, 0.15) is 12.0 Å². The van der Waals surface area contributed by atoms with E-state index < -0.39 is 0 Å². The molecule has 0 saturated carbocycles. The highest BCUT2D eigenvalue weighted by Crippen LogP contribution is 2.30. The predicted octanol–water partition coefficient (Wildman–Crippen LogP) is 3.17. The third-order valence-corrected chi connectivity index (χ3v) is 5.45. The summed E-state index contributed by atoms with van der Waals surface area (Å²) >= 11 is 0. The number of benzene rings is 1. The Bertz CT molecular complexity index is 907. The Morgan fingerprint density at radius 1 is 1.24 bits per heavy atom. The van der Waals surface area contributed by atoms with E-state index >= 15 is 0 Å². The number of anilines is 2. The number of aryl methyl sites for hydroxylation is 1. The molecule has 0 radical (unpaired) electrons. The first-order valence-corrected chi connectivity index (χ1v) is 10.0. The van der Waals surface area contributed by atoms with Gasteiger partial charge in [-0.05, 0) is 56.0 Å². The lowest BCUT2D eigenvalue weighted by Crippen LogP contribution is -2.45. The number of carbonyl (C=O) groups excluding carboxylic acids is 2. The molecule has 4 rings (SSSR count). The van der Waals surface area contributed by atoms with Gasteiger partial charge in [0.2, 0.25) is 5.91 Å². The molecule has 0 unspecified atom stereocenters. The SMILES string of the molecule is Cc1ccc2c(n1)N(C)[C@H](c1ccc(NC(=O)C[C@@H]3CCCCO3)cc1)NC2=O. The van der Waals surface area contributed by atoms with E-state index in [1.807, 2.05) is 49.2 Å². The smallest absolute Gasteiger partial charge is 0.256 e. The summed E-state index contributed by atoms with van der Waals surface area (Å²) in [5, 5.41) is 5.95. The van der Waals surface area contributed by atoms with Gasteiger partial charge < -0.3 is 20.3 Å². The monoisotopic (exact) mass is 394 g/mol. The number of aromatic nitrogens is 1. The number of fused-ring (bicyclic) bond motifs is 1. The minimum atomic E-state index is -0.315. The van der Waals surface area contributed by atoms with Crippen LogP contribution in [0.2, 0.25) is 0 Å². The zero-order chi connectivity index (χ0) is 20.4. The van der Waals surface area contributed by atoms with Crippen LogP contribution in [0.15, 0.2) is 36.4 Å². The molecule has 2 amide bonds. The van der Waals surface area contributed by atoms with Gasteiger partial charge in [0.15, 0.2) is 0 Å². The molecule has 0 bridgehead atoms. The summed E-state index contributed by atoms with van der Waals surface area (Å²) in [6.45, 7) is 2.65. The van der Waals surface area contributed by atoms with Crippen LogP contribution in [0.5, 0.6) is 0 Å². The minimum Gasteiger partial charge on any atom is -0.378 e. The maximum atomic E-state index is 12.5. The lowest BCUT2D eigenvalue weighted by Gasteiger charge is -2.35. The van der Waals surface area contributed by atoms with Crippen LogP contribution in [0.1, 0.15) is 53.5 Å². The molecule has 152 valence electrons. The molecule has 2 N–H and O–H groups in total.